The first-order valence-corrected chi connectivity index (χ1v) is 9.99. The Balaban J connectivity index is 2.06. The molecule has 0 bridgehead atoms. The molecule has 2 unspecified atom stereocenters. The highest BCUT2D eigenvalue weighted by molar-refractivity contribution is 8.17. The van der Waals surface area contributed by atoms with Gasteiger partial charge < -0.3 is 20.4 Å². The lowest BCUT2D eigenvalue weighted by atomic mass is 10.1. The predicted molar refractivity (Wildman–Crippen MR) is 103 cm³/mol. The lowest BCUT2D eigenvalue weighted by Gasteiger charge is -2.21. The van der Waals surface area contributed by atoms with Crippen LogP contribution in [-0.2, 0) is 0 Å². The van der Waals surface area contributed by atoms with E-state index in [1.54, 1.807) is 47.8 Å². The highest BCUT2D eigenvalue weighted by Crippen LogP contribution is 2.39. The van der Waals surface area contributed by atoms with E-state index in [-0.39, 0.29) is 16.1 Å². The van der Waals surface area contributed by atoms with Crippen LogP contribution in [0.3, 0.4) is 0 Å². The second-order valence-electron chi connectivity index (χ2n) is 5.84. The highest BCUT2D eigenvalue weighted by atomic mass is 32.2. The lowest BCUT2D eigenvalue weighted by molar-refractivity contribution is 0.0762. The summed E-state index contributed by atoms with van der Waals surface area (Å²) in [5.41, 5.74) is 0. The number of phenolic OH excluding ortho intramolecular Hbond substituents is 2. The number of phenols is 2. The molecule has 2 atom stereocenters. The van der Waals surface area contributed by atoms with Crippen molar-refractivity contribution in [3.8, 4) is 11.5 Å². The Hall–Kier alpha value is -1.34. The molecule has 0 aliphatic rings. The van der Waals surface area contributed by atoms with Gasteiger partial charge in [-0.2, -0.15) is 0 Å². The SMILES string of the molecule is CCC(O)CC(O)CC(Sc1ccc(O)cc1)Sc1ccc(O)cc1. The topological polar surface area (TPSA) is 80.9 Å². The molecule has 6 heteroatoms. The molecule has 4 N–H and O–H groups in total. The van der Waals surface area contributed by atoms with E-state index in [1.165, 1.54) is 0 Å². The minimum atomic E-state index is -0.589. The van der Waals surface area contributed by atoms with Crippen molar-refractivity contribution in [1.82, 2.24) is 0 Å². The number of aliphatic hydroxyl groups is 2. The van der Waals surface area contributed by atoms with Gasteiger partial charge >= 0.3 is 0 Å². The third kappa shape index (κ3) is 7.20. The fraction of sp³-hybridized carbons (Fsp3) is 0.368. The average molecular weight is 381 g/mol. The molecule has 2 aromatic carbocycles. The Morgan fingerprint density at radius 2 is 1.16 bits per heavy atom. The number of thioether (sulfide) groups is 2. The lowest BCUT2D eigenvalue weighted by Crippen LogP contribution is -2.20. The molecule has 4 nitrogen and oxygen atoms in total. The van der Waals surface area contributed by atoms with E-state index in [0.717, 1.165) is 9.79 Å². The minimum Gasteiger partial charge on any atom is -0.508 e. The second kappa shape index (κ2) is 9.97. The highest BCUT2D eigenvalue weighted by Gasteiger charge is 2.19. The molecule has 0 spiro atoms. The Labute approximate surface area is 156 Å². The fourth-order valence-corrected chi connectivity index (χ4v) is 4.96. The quantitative estimate of drug-likeness (QED) is 0.385. The molecule has 2 aromatic rings. The number of aromatic hydroxyl groups is 2. The molecule has 0 aliphatic heterocycles. The van der Waals surface area contributed by atoms with Gasteiger partial charge in [-0.1, -0.05) is 6.92 Å². The molecule has 136 valence electrons. The van der Waals surface area contributed by atoms with Crippen LogP contribution in [0, 0.1) is 0 Å². The monoisotopic (exact) mass is 380 g/mol. The summed E-state index contributed by atoms with van der Waals surface area (Å²) < 4.78 is 0.0353. The normalized spacial score (nSPS) is 13.8. The van der Waals surface area contributed by atoms with E-state index < -0.39 is 12.2 Å². The zero-order chi connectivity index (χ0) is 18.2. The zero-order valence-corrected chi connectivity index (χ0v) is 15.7. The standard InChI is InChI=1S/C19H24O4S2/c1-2-13(20)11-16(23)12-19(24-17-7-3-14(21)4-8-17)25-18-9-5-15(22)6-10-18/h3-10,13,16,19-23H,2,11-12H2,1H3. The van der Waals surface area contributed by atoms with Crippen LogP contribution in [-0.4, -0.2) is 37.2 Å². The van der Waals surface area contributed by atoms with Crippen molar-refractivity contribution in [2.45, 2.75) is 52.8 Å². The maximum atomic E-state index is 10.3. The molecular weight excluding hydrogens is 356 g/mol. The molecule has 25 heavy (non-hydrogen) atoms. The largest absolute Gasteiger partial charge is 0.508 e. The smallest absolute Gasteiger partial charge is 0.115 e. The van der Waals surface area contributed by atoms with Gasteiger partial charge in [0.15, 0.2) is 0 Å². The number of benzene rings is 2. The molecule has 2 rings (SSSR count). The fourth-order valence-electron chi connectivity index (χ4n) is 2.27. The third-order valence-electron chi connectivity index (χ3n) is 3.69. The zero-order valence-electron chi connectivity index (χ0n) is 14.1. The van der Waals surface area contributed by atoms with E-state index >= 15 is 0 Å². The number of rotatable bonds is 9. The van der Waals surface area contributed by atoms with Gasteiger partial charge in [0.1, 0.15) is 11.5 Å². The van der Waals surface area contributed by atoms with Crippen LogP contribution in [0.15, 0.2) is 58.3 Å². The number of aliphatic hydroxyl groups excluding tert-OH is 2. The molecule has 0 saturated carbocycles. The van der Waals surface area contributed by atoms with Gasteiger partial charge in [0.25, 0.3) is 0 Å². The van der Waals surface area contributed by atoms with Gasteiger partial charge in [-0.25, -0.2) is 0 Å². The van der Waals surface area contributed by atoms with Crippen LogP contribution in [0.1, 0.15) is 26.2 Å². The van der Waals surface area contributed by atoms with E-state index in [2.05, 4.69) is 0 Å². The maximum Gasteiger partial charge on any atom is 0.115 e. The van der Waals surface area contributed by atoms with Crippen LogP contribution in [0.2, 0.25) is 0 Å². The van der Waals surface area contributed by atoms with Crippen molar-refractivity contribution in [1.29, 1.82) is 0 Å². The Morgan fingerprint density at radius 3 is 1.56 bits per heavy atom. The van der Waals surface area contributed by atoms with Crippen LogP contribution >= 0.6 is 23.5 Å². The molecule has 0 radical (unpaired) electrons. The van der Waals surface area contributed by atoms with Crippen LogP contribution in [0.5, 0.6) is 11.5 Å². The van der Waals surface area contributed by atoms with Crippen molar-refractivity contribution in [2.75, 3.05) is 0 Å². The molecule has 0 heterocycles. The predicted octanol–water partition coefficient (Wildman–Crippen LogP) is 4.22. The van der Waals surface area contributed by atoms with Gasteiger partial charge in [-0.3, -0.25) is 0 Å². The van der Waals surface area contributed by atoms with E-state index in [1.807, 2.05) is 31.2 Å². The van der Waals surface area contributed by atoms with Gasteiger partial charge in [0.05, 0.1) is 16.8 Å². The van der Waals surface area contributed by atoms with Crippen LogP contribution in [0.4, 0.5) is 0 Å². The first-order chi connectivity index (χ1) is 12.0. The Morgan fingerprint density at radius 1 is 0.720 bits per heavy atom. The minimum absolute atomic E-state index is 0.0353. The van der Waals surface area contributed by atoms with Gasteiger partial charge in [0.2, 0.25) is 0 Å². The summed E-state index contributed by atoms with van der Waals surface area (Å²) in [6.07, 6.45) is 0.424. The second-order valence-corrected chi connectivity index (χ2v) is 8.69. The number of hydrogen-bond acceptors (Lipinski definition) is 6. The number of hydrogen-bond donors (Lipinski definition) is 4. The summed E-state index contributed by atoms with van der Waals surface area (Å²) in [5, 5.41) is 38.9. The van der Waals surface area contributed by atoms with Crippen molar-refractivity contribution < 1.29 is 20.4 Å². The van der Waals surface area contributed by atoms with Crippen molar-refractivity contribution >= 4 is 23.5 Å². The summed E-state index contributed by atoms with van der Waals surface area (Å²) in [5.74, 6) is 0.441. The molecule has 0 saturated heterocycles. The van der Waals surface area contributed by atoms with Crippen LogP contribution < -0.4 is 0 Å². The van der Waals surface area contributed by atoms with Crippen molar-refractivity contribution in [3.05, 3.63) is 48.5 Å². The summed E-state index contributed by atoms with van der Waals surface area (Å²) >= 11 is 3.21. The van der Waals surface area contributed by atoms with Crippen molar-refractivity contribution in [3.63, 3.8) is 0 Å². The molecule has 0 amide bonds. The average Bonchev–Trinajstić information content (AvgIpc) is 2.58. The van der Waals surface area contributed by atoms with E-state index in [4.69, 9.17) is 0 Å². The van der Waals surface area contributed by atoms with Gasteiger partial charge in [-0.05, 0) is 67.8 Å². The molecular formula is C19H24O4S2. The summed E-state index contributed by atoms with van der Waals surface area (Å²) in [7, 11) is 0. The van der Waals surface area contributed by atoms with Crippen molar-refractivity contribution in [2.24, 2.45) is 0 Å². The summed E-state index contributed by atoms with van der Waals surface area (Å²) in [4.78, 5) is 2.00. The first kappa shape index (κ1) is 20.0. The van der Waals surface area contributed by atoms with Gasteiger partial charge in [0, 0.05) is 9.79 Å². The van der Waals surface area contributed by atoms with E-state index in [9.17, 15) is 20.4 Å². The molecule has 0 fully saturated rings. The molecule has 0 aromatic heterocycles. The Kier molecular flexibility index (Phi) is 7.96. The Bertz CT molecular complexity index is 583. The first-order valence-electron chi connectivity index (χ1n) is 8.23. The summed E-state index contributed by atoms with van der Waals surface area (Å²) in [6, 6.07) is 13.9. The van der Waals surface area contributed by atoms with E-state index in [0.29, 0.717) is 19.3 Å². The summed E-state index contributed by atoms with van der Waals surface area (Å²) in [6.45, 7) is 1.89. The van der Waals surface area contributed by atoms with Crippen LogP contribution in [0.25, 0.3) is 0 Å². The molecule has 0 aliphatic carbocycles. The maximum absolute atomic E-state index is 10.3. The third-order valence-corrected chi connectivity index (χ3v) is 6.27. The van der Waals surface area contributed by atoms with Gasteiger partial charge in [-0.15, -0.1) is 23.5 Å².